The first-order chi connectivity index (χ1) is 13.9. The highest BCUT2D eigenvalue weighted by Gasteiger charge is 2.39. The Morgan fingerprint density at radius 1 is 0.967 bits per heavy atom. The molecule has 164 valence electrons. The molecule has 30 heavy (non-hydrogen) atoms. The van der Waals surface area contributed by atoms with Crippen LogP contribution in [0, 0.1) is 0 Å². The zero-order valence-corrected chi connectivity index (χ0v) is 17.0. The van der Waals surface area contributed by atoms with Crippen molar-refractivity contribution in [2.75, 3.05) is 13.2 Å². The minimum Gasteiger partial charge on any atom is -0.508 e. The third kappa shape index (κ3) is 4.77. The van der Waals surface area contributed by atoms with E-state index in [0.717, 1.165) is 12.1 Å². The van der Waals surface area contributed by atoms with E-state index in [9.17, 15) is 35.1 Å². The molecule has 0 aliphatic carbocycles. The molecule has 1 heterocycles. The maximum Gasteiger partial charge on any atom is 0.417 e. The van der Waals surface area contributed by atoms with Crippen molar-refractivity contribution >= 4 is 19.9 Å². The molecule has 12 heteroatoms. The number of aromatic hydroxyl groups is 1. The van der Waals surface area contributed by atoms with Gasteiger partial charge in [-0.25, -0.2) is 21.6 Å². The molecule has 0 radical (unpaired) electrons. The Hall–Kier alpha value is -2.15. The van der Waals surface area contributed by atoms with Crippen LogP contribution >= 0.6 is 0 Å². The van der Waals surface area contributed by atoms with Gasteiger partial charge in [-0.1, -0.05) is 6.07 Å². The molecule has 2 N–H and O–H groups in total. The van der Waals surface area contributed by atoms with E-state index < -0.39 is 47.4 Å². The summed E-state index contributed by atoms with van der Waals surface area (Å²) in [6.45, 7) is 0.510. The molecule has 1 saturated heterocycles. The van der Waals surface area contributed by atoms with Crippen LogP contribution in [-0.4, -0.2) is 41.2 Å². The number of phenols is 1. The second-order valence-corrected chi connectivity index (χ2v) is 10.3. The van der Waals surface area contributed by atoms with Crippen LogP contribution in [0.5, 0.6) is 5.75 Å². The number of ether oxygens (including phenoxy) is 1. The van der Waals surface area contributed by atoms with E-state index in [1.807, 2.05) is 0 Å². The average molecular weight is 465 g/mol. The summed E-state index contributed by atoms with van der Waals surface area (Å²) in [7, 11) is -9.07. The van der Waals surface area contributed by atoms with Gasteiger partial charge in [0.2, 0.25) is 19.9 Å². The molecule has 1 aliphatic heterocycles. The summed E-state index contributed by atoms with van der Waals surface area (Å²) in [6.07, 6.45) is -4.46. The molecule has 0 amide bonds. The number of sulfonamides is 1. The molecule has 3 rings (SSSR count). The van der Waals surface area contributed by atoms with Gasteiger partial charge in [-0.2, -0.15) is 13.2 Å². The number of nitrogens with one attached hydrogen (secondary N) is 1. The van der Waals surface area contributed by atoms with E-state index in [1.54, 1.807) is 0 Å². The van der Waals surface area contributed by atoms with Crippen LogP contribution in [0.2, 0.25) is 0 Å². The first-order valence-corrected chi connectivity index (χ1v) is 11.7. The van der Waals surface area contributed by atoms with Crippen LogP contribution in [0.4, 0.5) is 13.2 Å². The van der Waals surface area contributed by atoms with E-state index >= 15 is 0 Å². The molecule has 0 aromatic heterocycles. The quantitative estimate of drug-likeness (QED) is 0.703. The summed E-state index contributed by atoms with van der Waals surface area (Å²) >= 11 is 0. The minimum absolute atomic E-state index is 0.255. The van der Waals surface area contributed by atoms with Gasteiger partial charge >= 0.3 is 6.18 Å². The van der Waals surface area contributed by atoms with Crippen LogP contribution in [0.25, 0.3) is 0 Å². The number of hydrogen-bond donors (Lipinski definition) is 2. The molecule has 7 nitrogen and oxygen atoms in total. The Morgan fingerprint density at radius 3 is 2.20 bits per heavy atom. The number of alkyl halides is 3. The van der Waals surface area contributed by atoms with Gasteiger partial charge in [0, 0.05) is 19.3 Å². The van der Waals surface area contributed by atoms with Crippen molar-refractivity contribution in [1.29, 1.82) is 0 Å². The predicted octanol–water partition coefficient (Wildman–Crippen LogP) is 2.70. The summed E-state index contributed by atoms with van der Waals surface area (Å²) in [5.74, 6) is -0.364. The van der Waals surface area contributed by atoms with E-state index in [-0.39, 0.29) is 36.7 Å². The van der Waals surface area contributed by atoms with Crippen molar-refractivity contribution < 1.29 is 39.9 Å². The van der Waals surface area contributed by atoms with Gasteiger partial charge in [0.25, 0.3) is 0 Å². The van der Waals surface area contributed by atoms with Gasteiger partial charge in [0.1, 0.15) is 5.75 Å². The second kappa shape index (κ2) is 8.17. The first kappa shape index (κ1) is 22.5. The summed E-state index contributed by atoms with van der Waals surface area (Å²) in [5.41, 5.74) is -1.48. The smallest absolute Gasteiger partial charge is 0.417 e. The zero-order chi connectivity index (χ0) is 22.2. The van der Waals surface area contributed by atoms with Gasteiger partial charge in [0.15, 0.2) is 0 Å². The molecule has 0 unspecified atom stereocenters. The Balaban J connectivity index is 2.11. The van der Waals surface area contributed by atoms with Crippen molar-refractivity contribution in [1.82, 2.24) is 4.72 Å². The molecule has 0 spiro atoms. The number of halogens is 3. The highest BCUT2D eigenvalue weighted by Crippen LogP contribution is 2.36. The molecular weight excluding hydrogens is 447 g/mol. The molecule has 2 aromatic rings. The van der Waals surface area contributed by atoms with Crippen molar-refractivity contribution in [3.8, 4) is 5.75 Å². The third-order valence-electron chi connectivity index (χ3n) is 4.53. The number of hydrogen-bond acceptors (Lipinski definition) is 6. The fourth-order valence-corrected chi connectivity index (χ4v) is 5.97. The highest BCUT2D eigenvalue weighted by atomic mass is 32.2. The number of benzene rings is 2. The number of phenolic OH excluding ortho intramolecular Hbond substituents is 1. The van der Waals surface area contributed by atoms with E-state index in [2.05, 4.69) is 4.72 Å². The summed E-state index contributed by atoms with van der Waals surface area (Å²) < 4.78 is 98.8. The molecule has 1 aliphatic rings. The molecule has 0 atom stereocenters. The van der Waals surface area contributed by atoms with Gasteiger partial charge in [-0.15, -0.1) is 0 Å². The average Bonchev–Trinajstić information content (AvgIpc) is 2.67. The van der Waals surface area contributed by atoms with Crippen LogP contribution in [-0.2, 0) is 30.8 Å². The van der Waals surface area contributed by atoms with Crippen molar-refractivity contribution in [2.45, 2.75) is 39.7 Å². The first-order valence-electron chi connectivity index (χ1n) is 8.77. The molecular formula is C18H18F3NO6S2. The maximum absolute atomic E-state index is 13.5. The number of rotatable bonds is 5. The van der Waals surface area contributed by atoms with E-state index in [4.69, 9.17) is 4.74 Å². The summed E-state index contributed by atoms with van der Waals surface area (Å²) in [6, 6.07) is 5.50. The predicted molar refractivity (Wildman–Crippen MR) is 99.2 cm³/mol. The summed E-state index contributed by atoms with van der Waals surface area (Å²) in [5, 5.41) is 9.51. The second-order valence-electron chi connectivity index (χ2n) is 6.66. The van der Waals surface area contributed by atoms with Gasteiger partial charge in [-0.3, -0.25) is 0 Å². The van der Waals surface area contributed by atoms with Crippen molar-refractivity contribution in [2.24, 2.45) is 0 Å². The Labute approximate surface area is 171 Å². The van der Waals surface area contributed by atoms with Crippen LogP contribution in [0.15, 0.2) is 57.2 Å². The van der Waals surface area contributed by atoms with Crippen LogP contribution in [0.1, 0.15) is 18.4 Å². The van der Waals surface area contributed by atoms with E-state index in [1.165, 1.54) is 12.1 Å². The topological polar surface area (TPSA) is 110 Å². The molecule has 1 fully saturated rings. The van der Waals surface area contributed by atoms with Gasteiger partial charge in [0.05, 0.1) is 20.2 Å². The molecule has 0 bridgehead atoms. The minimum atomic E-state index is -5.02. The normalized spacial score (nSPS) is 16.5. The van der Waals surface area contributed by atoms with E-state index in [0.29, 0.717) is 18.2 Å². The van der Waals surface area contributed by atoms with Gasteiger partial charge < -0.3 is 9.84 Å². The fraction of sp³-hybridized carbons (Fsp3) is 0.333. The molecule has 2 aromatic carbocycles. The lowest BCUT2D eigenvalue weighted by Crippen LogP contribution is -2.39. The largest absolute Gasteiger partial charge is 0.508 e. The van der Waals surface area contributed by atoms with Crippen LogP contribution < -0.4 is 4.72 Å². The molecule has 0 saturated carbocycles. The van der Waals surface area contributed by atoms with Gasteiger partial charge in [-0.05, 0) is 49.2 Å². The zero-order valence-electron chi connectivity index (χ0n) is 15.4. The van der Waals surface area contributed by atoms with Crippen molar-refractivity contribution in [3.05, 3.63) is 48.0 Å². The highest BCUT2D eigenvalue weighted by molar-refractivity contribution is 7.91. The SMILES string of the molecule is O=S(=O)(NC1CCOCC1)c1cc(S(=O)(=O)c2cccc(O)c2)ccc1C(F)(F)F. The summed E-state index contributed by atoms with van der Waals surface area (Å²) in [4.78, 5) is -2.21. The lowest BCUT2D eigenvalue weighted by molar-refractivity contribution is -0.139. The van der Waals surface area contributed by atoms with Crippen LogP contribution in [0.3, 0.4) is 0 Å². The maximum atomic E-state index is 13.5. The Morgan fingerprint density at radius 2 is 1.60 bits per heavy atom. The standard InChI is InChI=1S/C18H18F3NO6S2/c19-18(20,21)16-5-4-15(29(24,25)14-3-1-2-13(23)10-14)11-17(16)30(26,27)22-12-6-8-28-9-7-12/h1-5,10-12,22-23H,6-9H2. The Bertz CT molecular complexity index is 1140. The lowest BCUT2D eigenvalue weighted by Gasteiger charge is -2.24. The Kier molecular flexibility index (Phi) is 6.14. The number of sulfone groups is 1. The lowest BCUT2D eigenvalue weighted by atomic mass is 10.1. The fourth-order valence-electron chi connectivity index (χ4n) is 3.01. The monoisotopic (exact) mass is 465 g/mol. The van der Waals surface area contributed by atoms with Crippen molar-refractivity contribution in [3.63, 3.8) is 0 Å². The third-order valence-corrected chi connectivity index (χ3v) is 7.84.